The molecule has 0 aromatic heterocycles. The van der Waals surface area contributed by atoms with E-state index in [0.29, 0.717) is 17.6 Å². The summed E-state index contributed by atoms with van der Waals surface area (Å²) < 4.78 is 0. The Labute approximate surface area is 177 Å². The summed E-state index contributed by atoms with van der Waals surface area (Å²) in [6.45, 7) is 2.32. The van der Waals surface area contributed by atoms with E-state index in [1.54, 1.807) is 12.1 Å². The molecular weight excluding hydrogens is 380 g/mol. The minimum Gasteiger partial charge on any atom is -0.508 e. The van der Waals surface area contributed by atoms with Gasteiger partial charge in [-0.15, -0.1) is 0 Å². The molecule has 2 saturated carbocycles. The molecule has 30 heavy (non-hydrogen) atoms. The average molecular weight is 411 g/mol. The normalized spacial score (nSPS) is 31.5. The number of carbonyl (C=O) groups is 1. The molecule has 4 N–H and O–H groups in total. The lowest BCUT2D eigenvalue weighted by atomic mass is 9.55. The van der Waals surface area contributed by atoms with Crippen LogP contribution in [0.5, 0.6) is 11.5 Å². The van der Waals surface area contributed by atoms with E-state index in [2.05, 4.69) is 13.0 Å². The van der Waals surface area contributed by atoms with Crippen molar-refractivity contribution in [3.8, 4) is 11.5 Å². The number of aliphatic hydroxyl groups excluding tert-OH is 1. The van der Waals surface area contributed by atoms with Gasteiger partial charge in [0.05, 0.1) is 6.10 Å². The topological polar surface area (TPSA) is 98.0 Å². The number of benzene rings is 2. The number of aromatic carboxylic acids is 1. The Hall–Kier alpha value is -2.53. The molecule has 0 aliphatic heterocycles. The van der Waals surface area contributed by atoms with Crippen LogP contribution >= 0.6 is 0 Å². The summed E-state index contributed by atoms with van der Waals surface area (Å²) in [5.41, 5.74) is 2.92. The van der Waals surface area contributed by atoms with Gasteiger partial charge in [-0.3, -0.25) is 0 Å². The maximum atomic E-state index is 10.4. The average Bonchev–Trinajstić information content (AvgIpc) is 3.03. The fourth-order valence-corrected chi connectivity index (χ4v) is 6.20. The number of phenols is 2. The number of carboxylic acids is 1. The van der Waals surface area contributed by atoms with E-state index in [4.69, 9.17) is 10.2 Å². The van der Waals surface area contributed by atoms with Gasteiger partial charge in [-0.2, -0.15) is 0 Å². The number of hydrogen-bond donors (Lipinski definition) is 4. The highest BCUT2D eigenvalue weighted by Crippen LogP contribution is 2.60. The SMILES string of the molecule is C[C@]12CC[C@@H]3c4ccc(O)cc4CC[C@H]3[C@@H]1CCC2O.O=C(O)c1ccccc1O. The lowest BCUT2D eigenvalue weighted by molar-refractivity contribution is -0.0226. The monoisotopic (exact) mass is 410 g/mol. The van der Waals surface area contributed by atoms with Crippen LogP contribution in [-0.2, 0) is 6.42 Å². The Morgan fingerprint density at radius 1 is 1.03 bits per heavy atom. The molecule has 1 unspecified atom stereocenters. The summed E-state index contributed by atoms with van der Waals surface area (Å²) in [6.07, 6.45) is 6.78. The summed E-state index contributed by atoms with van der Waals surface area (Å²) in [7, 11) is 0. The lowest BCUT2D eigenvalue weighted by Crippen LogP contribution is -2.43. The molecule has 3 aliphatic carbocycles. The zero-order valence-corrected chi connectivity index (χ0v) is 17.3. The largest absolute Gasteiger partial charge is 0.508 e. The molecule has 160 valence electrons. The number of rotatable bonds is 1. The summed E-state index contributed by atoms with van der Waals surface area (Å²) in [4.78, 5) is 10.3. The van der Waals surface area contributed by atoms with Crippen LogP contribution in [0.15, 0.2) is 42.5 Å². The summed E-state index contributed by atoms with van der Waals surface area (Å²) in [5, 5.41) is 37.4. The second-order valence-electron chi connectivity index (χ2n) is 9.26. The van der Waals surface area contributed by atoms with E-state index in [0.717, 1.165) is 25.2 Å². The van der Waals surface area contributed by atoms with Crippen molar-refractivity contribution in [1.29, 1.82) is 0 Å². The van der Waals surface area contributed by atoms with Crippen molar-refractivity contribution in [2.75, 3.05) is 0 Å². The summed E-state index contributed by atoms with van der Waals surface area (Å²) in [6, 6.07) is 11.8. The number of aromatic hydroxyl groups is 2. The first kappa shape index (κ1) is 20.7. The van der Waals surface area contributed by atoms with Gasteiger partial charge in [0, 0.05) is 0 Å². The van der Waals surface area contributed by atoms with Crippen molar-refractivity contribution in [2.24, 2.45) is 17.3 Å². The lowest BCUT2D eigenvalue weighted by Gasteiger charge is -2.50. The van der Waals surface area contributed by atoms with Gasteiger partial charge in [0.25, 0.3) is 0 Å². The Bertz CT molecular complexity index is 939. The van der Waals surface area contributed by atoms with E-state index in [-0.39, 0.29) is 22.8 Å². The highest BCUT2D eigenvalue weighted by atomic mass is 16.4. The van der Waals surface area contributed by atoms with Crippen molar-refractivity contribution in [3.63, 3.8) is 0 Å². The van der Waals surface area contributed by atoms with Crippen LogP contribution in [0.3, 0.4) is 0 Å². The third-order valence-corrected chi connectivity index (χ3v) is 7.79. The van der Waals surface area contributed by atoms with Crippen molar-refractivity contribution in [2.45, 2.75) is 57.5 Å². The molecule has 0 bridgehead atoms. The molecule has 0 saturated heterocycles. The van der Waals surface area contributed by atoms with Gasteiger partial charge in [-0.1, -0.05) is 25.1 Å². The second kappa shape index (κ2) is 7.95. The third-order valence-electron chi connectivity index (χ3n) is 7.79. The van der Waals surface area contributed by atoms with Crippen LogP contribution in [0.2, 0.25) is 0 Å². The van der Waals surface area contributed by atoms with Crippen molar-refractivity contribution >= 4 is 5.97 Å². The Balaban J connectivity index is 0.000000185. The zero-order chi connectivity index (χ0) is 21.5. The molecular formula is C25H30O5. The fraction of sp³-hybridized carbons (Fsp3) is 0.480. The van der Waals surface area contributed by atoms with Gasteiger partial charge in [0.1, 0.15) is 17.1 Å². The van der Waals surface area contributed by atoms with Crippen LogP contribution in [-0.4, -0.2) is 32.5 Å². The van der Waals surface area contributed by atoms with Crippen LogP contribution < -0.4 is 0 Å². The molecule has 2 aromatic rings. The van der Waals surface area contributed by atoms with Gasteiger partial charge in [0.15, 0.2) is 0 Å². The smallest absolute Gasteiger partial charge is 0.339 e. The highest BCUT2D eigenvalue weighted by Gasteiger charge is 2.54. The molecule has 0 radical (unpaired) electrons. The predicted molar refractivity (Wildman–Crippen MR) is 114 cm³/mol. The van der Waals surface area contributed by atoms with Crippen molar-refractivity contribution < 1.29 is 25.2 Å². The van der Waals surface area contributed by atoms with Gasteiger partial charge in [-0.25, -0.2) is 4.79 Å². The highest BCUT2D eigenvalue weighted by molar-refractivity contribution is 5.90. The van der Waals surface area contributed by atoms with E-state index < -0.39 is 5.97 Å². The van der Waals surface area contributed by atoms with E-state index in [9.17, 15) is 15.0 Å². The number of aliphatic hydroxyl groups is 1. The van der Waals surface area contributed by atoms with Gasteiger partial charge < -0.3 is 20.4 Å². The fourth-order valence-electron chi connectivity index (χ4n) is 6.20. The maximum Gasteiger partial charge on any atom is 0.339 e. The van der Waals surface area contributed by atoms with Crippen LogP contribution in [0.4, 0.5) is 0 Å². The van der Waals surface area contributed by atoms with E-state index >= 15 is 0 Å². The summed E-state index contributed by atoms with van der Waals surface area (Å²) >= 11 is 0. The molecule has 5 rings (SSSR count). The Kier molecular flexibility index (Phi) is 5.49. The number of carboxylic acid groups (broad SMARTS) is 1. The van der Waals surface area contributed by atoms with Crippen molar-refractivity contribution in [3.05, 3.63) is 59.2 Å². The Morgan fingerprint density at radius 3 is 2.50 bits per heavy atom. The molecule has 5 atom stereocenters. The molecule has 0 heterocycles. The number of hydrogen-bond acceptors (Lipinski definition) is 4. The standard InChI is InChI=1S/C18H24O2.C7H6O3/c1-18-9-8-14-13-5-3-12(19)10-11(13)2-4-15(14)16(18)6-7-17(18)20;8-6-4-2-1-3-5(6)7(9)10/h3,5,10,14-17,19-20H,2,4,6-9H2,1H3;1-4,8H,(H,9,10)/t14-,15-,16+,17?,18+;/m1./s1. The number of fused-ring (bicyclic) bond motifs is 5. The minimum absolute atomic E-state index is 0.0671. The first-order valence-electron chi connectivity index (χ1n) is 10.8. The second-order valence-corrected chi connectivity index (χ2v) is 9.26. The predicted octanol–water partition coefficient (Wildman–Crippen LogP) is 4.70. The molecule has 2 aromatic carbocycles. The molecule has 5 heteroatoms. The molecule has 3 aliphatic rings. The molecule has 5 nitrogen and oxygen atoms in total. The maximum absolute atomic E-state index is 10.4. The van der Waals surface area contributed by atoms with Gasteiger partial charge in [-0.05, 0) is 97.1 Å². The van der Waals surface area contributed by atoms with Crippen LogP contribution in [0.25, 0.3) is 0 Å². The molecule has 0 amide bonds. The summed E-state index contributed by atoms with van der Waals surface area (Å²) in [5.74, 6) is 1.18. The molecule has 0 spiro atoms. The zero-order valence-electron chi connectivity index (χ0n) is 17.3. The van der Waals surface area contributed by atoms with E-state index in [1.165, 1.54) is 42.5 Å². The van der Waals surface area contributed by atoms with Gasteiger partial charge in [0.2, 0.25) is 0 Å². The number of aryl methyl sites for hydroxylation is 1. The third kappa shape index (κ3) is 3.56. The quantitative estimate of drug-likeness (QED) is 0.546. The van der Waals surface area contributed by atoms with Crippen LogP contribution in [0.1, 0.15) is 66.4 Å². The van der Waals surface area contributed by atoms with Crippen molar-refractivity contribution in [1.82, 2.24) is 0 Å². The van der Waals surface area contributed by atoms with E-state index in [1.807, 2.05) is 12.1 Å². The first-order chi connectivity index (χ1) is 14.3. The minimum atomic E-state index is -1.11. The van der Waals surface area contributed by atoms with Crippen LogP contribution in [0, 0.1) is 17.3 Å². The van der Waals surface area contributed by atoms with Gasteiger partial charge >= 0.3 is 5.97 Å². The number of phenolic OH excluding ortho intramolecular Hbond substituents is 1. The molecule has 2 fully saturated rings. The Morgan fingerprint density at radius 2 is 1.80 bits per heavy atom. The first-order valence-corrected chi connectivity index (χ1v) is 10.8. The number of para-hydroxylation sites is 1.